The summed E-state index contributed by atoms with van der Waals surface area (Å²) in [5, 5.41) is 37.3. The maximum Gasteiger partial charge on any atom is 0.317 e. The zero-order valence-corrected chi connectivity index (χ0v) is 20.3. The molecule has 12 heteroatoms. The molecular formula is C22H40N4O8. The molecule has 0 radical (unpaired) electrons. The van der Waals surface area contributed by atoms with Crippen molar-refractivity contribution in [2.45, 2.75) is 26.7 Å². The summed E-state index contributed by atoms with van der Waals surface area (Å²) in [5.74, 6) is -3.58. The van der Waals surface area contributed by atoms with Crippen LogP contribution < -0.4 is 0 Å². The maximum atomic E-state index is 11.5. The molecule has 34 heavy (non-hydrogen) atoms. The summed E-state index contributed by atoms with van der Waals surface area (Å²) in [6.07, 6.45) is 1.30. The Kier molecular flexibility index (Phi) is 13.6. The molecule has 12 nitrogen and oxygen atoms in total. The van der Waals surface area contributed by atoms with E-state index >= 15 is 0 Å². The summed E-state index contributed by atoms with van der Waals surface area (Å²) < 4.78 is 0. The predicted octanol–water partition coefficient (Wildman–Crippen LogP) is -0.401. The minimum Gasteiger partial charge on any atom is -0.480 e. The fraction of sp³-hybridized carbons (Fsp3) is 0.818. The molecule has 0 bridgehead atoms. The van der Waals surface area contributed by atoms with Crippen LogP contribution in [-0.2, 0) is 19.2 Å². The second-order valence-electron chi connectivity index (χ2n) is 9.45. The van der Waals surface area contributed by atoms with Gasteiger partial charge in [0.05, 0.1) is 26.2 Å². The SMILES string of the molecule is CC(C)CC1CN(CC(=O)O)CCN(CC(=O)O)CCCN(CC(=O)O)CCN(CC(=O)O)C1. The average Bonchev–Trinajstić information content (AvgIpc) is 2.66. The highest BCUT2D eigenvalue weighted by Gasteiger charge is 2.24. The van der Waals surface area contributed by atoms with Crippen molar-refractivity contribution in [3.05, 3.63) is 0 Å². The molecule has 4 N–H and O–H groups in total. The van der Waals surface area contributed by atoms with Crippen molar-refractivity contribution in [1.82, 2.24) is 19.6 Å². The molecule has 196 valence electrons. The van der Waals surface area contributed by atoms with E-state index in [2.05, 4.69) is 13.8 Å². The third-order valence-electron chi connectivity index (χ3n) is 5.69. The topological polar surface area (TPSA) is 162 Å². The standard InChI is InChI=1S/C22H40N4O8/c1-17(2)10-18-11-25(15-21(31)32)8-6-23(13-19(27)28)4-3-5-24(14-20(29)30)7-9-26(12-18)16-22(33)34/h17-18H,3-16H2,1-2H3,(H,27,28)(H,29,30)(H,31,32)(H,33,34). The molecule has 0 unspecified atom stereocenters. The molecule has 1 fully saturated rings. The quantitative estimate of drug-likeness (QED) is 0.315. The first-order valence-corrected chi connectivity index (χ1v) is 11.7. The van der Waals surface area contributed by atoms with Gasteiger partial charge in [0.15, 0.2) is 0 Å². The van der Waals surface area contributed by atoms with Gasteiger partial charge in [-0.15, -0.1) is 0 Å². The normalized spacial score (nSPS) is 19.6. The van der Waals surface area contributed by atoms with Crippen LogP contribution in [0.15, 0.2) is 0 Å². The number of hydrogen-bond donors (Lipinski definition) is 4. The summed E-state index contributed by atoms with van der Waals surface area (Å²) in [5.41, 5.74) is 0. The number of rotatable bonds is 10. The number of carboxylic acid groups (broad SMARTS) is 4. The second kappa shape index (κ2) is 15.6. The van der Waals surface area contributed by atoms with Gasteiger partial charge in [-0.3, -0.25) is 38.8 Å². The van der Waals surface area contributed by atoms with Crippen molar-refractivity contribution in [2.24, 2.45) is 11.8 Å². The van der Waals surface area contributed by atoms with E-state index in [0.717, 1.165) is 6.42 Å². The number of carbonyl (C=O) groups is 4. The third kappa shape index (κ3) is 14.1. The molecular weight excluding hydrogens is 448 g/mol. The summed E-state index contributed by atoms with van der Waals surface area (Å²) in [6, 6.07) is 0. The molecule has 0 aromatic heterocycles. The van der Waals surface area contributed by atoms with Crippen LogP contribution in [0, 0.1) is 11.8 Å². The van der Waals surface area contributed by atoms with Gasteiger partial charge >= 0.3 is 23.9 Å². The molecule has 1 aliphatic heterocycles. The molecule has 1 aliphatic rings. The third-order valence-corrected chi connectivity index (χ3v) is 5.69. The minimum atomic E-state index is -0.977. The van der Waals surface area contributed by atoms with Crippen LogP contribution in [0.1, 0.15) is 26.7 Å². The van der Waals surface area contributed by atoms with Crippen LogP contribution >= 0.6 is 0 Å². The Hall–Kier alpha value is -2.28. The van der Waals surface area contributed by atoms with Crippen molar-refractivity contribution >= 4 is 23.9 Å². The molecule has 0 amide bonds. The number of hydrogen-bond acceptors (Lipinski definition) is 8. The van der Waals surface area contributed by atoms with E-state index in [1.54, 1.807) is 19.6 Å². The summed E-state index contributed by atoms with van der Waals surface area (Å²) in [7, 11) is 0. The van der Waals surface area contributed by atoms with Crippen molar-refractivity contribution in [3.63, 3.8) is 0 Å². The zero-order valence-electron chi connectivity index (χ0n) is 20.3. The van der Waals surface area contributed by atoms with Crippen molar-refractivity contribution < 1.29 is 39.6 Å². The van der Waals surface area contributed by atoms with Gasteiger partial charge in [-0.2, -0.15) is 0 Å². The predicted molar refractivity (Wildman–Crippen MR) is 124 cm³/mol. The molecule has 0 saturated carbocycles. The highest BCUT2D eigenvalue weighted by molar-refractivity contribution is 5.70. The Bertz CT molecular complexity index is 625. The van der Waals surface area contributed by atoms with E-state index < -0.39 is 23.9 Å². The van der Waals surface area contributed by atoms with Crippen LogP contribution in [0.2, 0.25) is 0 Å². The van der Waals surface area contributed by atoms with E-state index in [1.807, 2.05) is 0 Å². The van der Waals surface area contributed by atoms with Crippen LogP contribution in [0.3, 0.4) is 0 Å². The lowest BCUT2D eigenvalue weighted by Gasteiger charge is -2.34. The van der Waals surface area contributed by atoms with Crippen LogP contribution in [0.5, 0.6) is 0 Å². The van der Waals surface area contributed by atoms with E-state index in [1.165, 1.54) is 0 Å². The average molecular weight is 489 g/mol. The largest absolute Gasteiger partial charge is 0.480 e. The van der Waals surface area contributed by atoms with E-state index in [4.69, 9.17) is 0 Å². The minimum absolute atomic E-state index is 0.00230. The lowest BCUT2D eigenvalue weighted by molar-refractivity contribution is -0.141. The second-order valence-corrected chi connectivity index (χ2v) is 9.45. The van der Waals surface area contributed by atoms with Gasteiger partial charge < -0.3 is 20.4 Å². The Balaban J connectivity index is 3.15. The Morgan fingerprint density at radius 1 is 0.618 bits per heavy atom. The first-order valence-electron chi connectivity index (χ1n) is 11.7. The molecule has 0 spiro atoms. The van der Waals surface area contributed by atoms with Crippen molar-refractivity contribution in [3.8, 4) is 0 Å². The van der Waals surface area contributed by atoms with Crippen LogP contribution in [-0.4, -0.2) is 142 Å². The van der Waals surface area contributed by atoms with Gasteiger partial charge in [-0.1, -0.05) is 13.8 Å². The number of nitrogens with zero attached hydrogens (tertiary/aromatic N) is 4. The molecule has 0 atom stereocenters. The first kappa shape index (κ1) is 29.8. The van der Waals surface area contributed by atoms with E-state index in [0.29, 0.717) is 64.7 Å². The highest BCUT2D eigenvalue weighted by atomic mass is 16.4. The smallest absolute Gasteiger partial charge is 0.317 e. The van der Waals surface area contributed by atoms with Crippen molar-refractivity contribution in [1.29, 1.82) is 0 Å². The van der Waals surface area contributed by atoms with Crippen LogP contribution in [0.25, 0.3) is 0 Å². The molecule has 1 rings (SSSR count). The van der Waals surface area contributed by atoms with E-state index in [9.17, 15) is 39.6 Å². The summed E-state index contributed by atoms with van der Waals surface area (Å²) in [4.78, 5) is 52.7. The van der Waals surface area contributed by atoms with Gasteiger partial charge in [0.1, 0.15) is 0 Å². The number of carboxylic acids is 4. The van der Waals surface area contributed by atoms with Crippen molar-refractivity contribution in [2.75, 3.05) is 78.5 Å². The monoisotopic (exact) mass is 488 g/mol. The fourth-order valence-corrected chi connectivity index (χ4v) is 4.46. The maximum absolute atomic E-state index is 11.5. The summed E-state index contributed by atoms with van der Waals surface area (Å²) >= 11 is 0. The van der Waals surface area contributed by atoms with Gasteiger partial charge in [-0.25, -0.2) is 0 Å². The van der Waals surface area contributed by atoms with Crippen LogP contribution in [0.4, 0.5) is 0 Å². The van der Waals surface area contributed by atoms with Gasteiger partial charge in [0, 0.05) is 52.4 Å². The Morgan fingerprint density at radius 2 is 0.941 bits per heavy atom. The molecule has 0 aromatic rings. The zero-order chi connectivity index (χ0) is 25.7. The molecule has 1 heterocycles. The van der Waals surface area contributed by atoms with Gasteiger partial charge in [-0.05, 0) is 24.7 Å². The lowest BCUT2D eigenvalue weighted by atomic mass is 9.95. The highest BCUT2D eigenvalue weighted by Crippen LogP contribution is 2.16. The Morgan fingerprint density at radius 3 is 1.26 bits per heavy atom. The molecule has 0 aromatic carbocycles. The summed E-state index contributed by atoms with van der Waals surface area (Å²) in [6.45, 7) is 6.60. The first-order chi connectivity index (χ1) is 15.9. The lowest BCUT2D eigenvalue weighted by Crippen LogP contribution is -2.47. The fourth-order valence-electron chi connectivity index (χ4n) is 4.46. The van der Waals surface area contributed by atoms with Gasteiger partial charge in [0.25, 0.3) is 0 Å². The molecule has 0 aliphatic carbocycles. The molecule has 1 saturated heterocycles. The number of aliphatic carboxylic acids is 4. The van der Waals surface area contributed by atoms with Gasteiger partial charge in [0.2, 0.25) is 0 Å². The Labute approximate surface area is 200 Å². The van der Waals surface area contributed by atoms with E-state index in [-0.39, 0.29) is 32.1 Å².